The third kappa shape index (κ3) is 8.11. The maximum atomic E-state index is 14.3. The Kier molecular flexibility index (Phi) is 10.4. The first kappa shape index (κ1) is 35.8. The van der Waals surface area contributed by atoms with Crippen molar-refractivity contribution in [3.8, 4) is 11.5 Å². The predicted molar refractivity (Wildman–Crippen MR) is 179 cm³/mol. The normalized spacial score (nSPS) is 23.1. The zero-order valence-corrected chi connectivity index (χ0v) is 29.2. The highest BCUT2D eigenvalue weighted by Crippen LogP contribution is 2.45. The van der Waals surface area contributed by atoms with Gasteiger partial charge in [0, 0.05) is 29.9 Å². The Hall–Kier alpha value is -4.00. The molecular formula is C34H46N4O8S. The number of ether oxygens (including phenoxy) is 3. The molecule has 2 fully saturated rings. The molecule has 2 aromatic rings. The number of aliphatic carboxylic acids is 1. The molecule has 2 aliphatic rings. The van der Waals surface area contributed by atoms with E-state index in [-0.39, 0.29) is 19.4 Å². The van der Waals surface area contributed by atoms with Crippen LogP contribution in [0, 0.1) is 11.3 Å². The van der Waals surface area contributed by atoms with Gasteiger partial charge >= 0.3 is 12.1 Å². The molecule has 1 aliphatic heterocycles. The van der Waals surface area contributed by atoms with E-state index in [4.69, 9.17) is 19.2 Å². The number of aromatic nitrogens is 1. The third-order valence-electron chi connectivity index (χ3n) is 8.19. The summed E-state index contributed by atoms with van der Waals surface area (Å²) in [6, 6.07) is 5.16. The second kappa shape index (κ2) is 13.6. The molecule has 1 saturated carbocycles. The van der Waals surface area contributed by atoms with E-state index in [1.807, 2.05) is 25.1 Å². The Morgan fingerprint density at radius 1 is 1.19 bits per heavy atom. The number of alkyl carbamates (subject to hydrolysis) is 1. The van der Waals surface area contributed by atoms with Gasteiger partial charge in [-0.25, -0.2) is 14.6 Å². The number of pyridine rings is 1. The van der Waals surface area contributed by atoms with Crippen molar-refractivity contribution in [3.05, 3.63) is 36.9 Å². The lowest BCUT2D eigenvalue weighted by Crippen LogP contribution is -2.59. The highest BCUT2D eigenvalue weighted by Gasteiger charge is 2.61. The van der Waals surface area contributed by atoms with Crippen molar-refractivity contribution >= 4 is 46.5 Å². The number of hydrogen-bond donors (Lipinski definition) is 3. The SMILES string of the molecule is C=C[C@H]1CC1(NC(=O)[C@@H]1C[C@@H](Oc2cc(SCC)nc3cc(OC)ccc23)CN1C(=O)[C@@H](NC(=O)OC(C)(C)C)C(C)(C)C)C(=O)O. The number of methoxy groups -OCH3 is 1. The number of likely N-dealkylation sites (tertiary alicyclic amines) is 1. The number of carboxylic acids is 1. The molecule has 1 saturated heterocycles. The number of benzene rings is 1. The summed E-state index contributed by atoms with van der Waals surface area (Å²) < 4.78 is 17.4. The number of rotatable bonds is 11. The van der Waals surface area contributed by atoms with Crippen molar-refractivity contribution in [3.63, 3.8) is 0 Å². The van der Waals surface area contributed by atoms with Crippen LogP contribution in [-0.4, -0.2) is 87.6 Å². The number of amides is 3. The highest BCUT2D eigenvalue weighted by molar-refractivity contribution is 7.99. The Balaban J connectivity index is 1.69. The summed E-state index contributed by atoms with van der Waals surface area (Å²) in [6.45, 7) is 16.3. The molecule has 1 aromatic carbocycles. The van der Waals surface area contributed by atoms with Crippen molar-refractivity contribution in [1.29, 1.82) is 0 Å². The smallest absolute Gasteiger partial charge is 0.408 e. The van der Waals surface area contributed by atoms with Crippen molar-refractivity contribution in [1.82, 2.24) is 20.5 Å². The van der Waals surface area contributed by atoms with Gasteiger partial charge in [-0.1, -0.05) is 33.8 Å². The maximum Gasteiger partial charge on any atom is 0.408 e. The van der Waals surface area contributed by atoms with Gasteiger partial charge in [0.05, 0.1) is 19.2 Å². The minimum atomic E-state index is -1.49. The predicted octanol–water partition coefficient (Wildman–Crippen LogP) is 4.79. The second-order valence-corrected chi connectivity index (χ2v) is 15.3. The minimum absolute atomic E-state index is 0.0146. The summed E-state index contributed by atoms with van der Waals surface area (Å²) in [5.41, 5.74) is -2.39. The fourth-order valence-electron chi connectivity index (χ4n) is 5.71. The minimum Gasteiger partial charge on any atom is -0.497 e. The molecule has 12 nitrogen and oxygen atoms in total. The first-order valence-electron chi connectivity index (χ1n) is 15.7. The highest BCUT2D eigenvalue weighted by atomic mass is 32.2. The lowest BCUT2D eigenvalue weighted by molar-refractivity contribution is -0.146. The number of thioether (sulfide) groups is 1. The van der Waals surface area contributed by atoms with Crippen LogP contribution in [0.3, 0.4) is 0 Å². The summed E-state index contributed by atoms with van der Waals surface area (Å²) in [5, 5.41) is 16.8. The Bertz CT molecular complexity index is 1550. The average molecular weight is 671 g/mol. The summed E-state index contributed by atoms with van der Waals surface area (Å²) in [7, 11) is 1.58. The molecule has 0 bridgehead atoms. The van der Waals surface area contributed by atoms with Gasteiger partial charge in [0.2, 0.25) is 11.8 Å². The van der Waals surface area contributed by atoms with Gasteiger partial charge in [0.15, 0.2) is 0 Å². The van der Waals surface area contributed by atoms with Gasteiger partial charge in [0.25, 0.3) is 0 Å². The van der Waals surface area contributed by atoms with E-state index in [2.05, 4.69) is 17.2 Å². The molecule has 1 aromatic heterocycles. The first-order valence-corrected chi connectivity index (χ1v) is 16.7. The number of carbonyl (C=O) groups is 4. The monoisotopic (exact) mass is 670 g/mol. The molecule has 0 spiro atoms. The van der Waals surface area contributed by atoms with E-state index >= 15 is 0 Å². The van der Waals surface area contributed by atoms with E-state index in [9.17, 15) is 24.3 Å². The number of nitrogens with one attached hydrogen (secondary N) is 2. The molecule has 3 amide bonds. The molecule has 1 unspecified atom stereocenters. The summed E-state index contributed by atoms with van der Waals surface area (Å²) >= 11 is 1.54. The molecule has 4 rings (SSSR count). The van der Waals surface area contributed by atoms with Gasteiger partial charge in [0.1, 0.15) is 45.9 Å². The molecule has 1 aliphatic carbocycles. The van der Waals surface area contributed by atoms with E-state index in [0.29, 0.717) is 17.0 Å². The Morgan fingerprint density at radius 3 is 2.45 bits per heavy atom. The fourth-order valence-corrected chi connectivity index (χ4v) is 6.36. The molecule has 13 heteroatoms. The van der Waals surface area contributed by atoms with Crippen LogP contribution in [0.1, 0.15) is 61.3 Å². The molecule has 0 radical (unpaired) electrons. The van der Waals surface area contributed by atoms with Crippen LogP contribution in [0.5, 0.6) is 11.5 Å². The fraction of sp³-hybridized carbons (Fsp3) is 0.559. The molecule has 256 valence electrons. The van der Waals surface area contributed by atoms with Gasteiger partial charge in [-0.15, -0.1) is 18.3 Å². The molecule has 47 heavy (non-hydrogen) atoms. The average Bonchev–Trinajstić information content (AvgIpc) is 3.53. The third-order valence-corrected chi connectivity index (χ3v) is 8.98. The van der Waals surface area contributed by atoms with Gasteiger partial charge < -0.3 is 34.9 Å². The van der Waals surface area contributed by atoms with Crippen molar-refractivity contribution in [2.75, 3.05) is 19.4 Å². The second-order valence-electron chi connectivity index (χ2n) is 14.0. The number of carboxylic acid groups (broad SMARTS) is 1. The molecule has 3 N–H and O–H groups in total. The number of fused-ring (bicyclic) bond motifs is 1. The van der Waals surface area contributed by atoms with Crippen LogP contribution >= 0.6 is 11.8 Å². The van der Waals surface area contributed by atoms with E-state index in [0.717, 1.165) is 16.2 Å². The summed E-state index contributed by atoms with van der Waals surface area (Å²) in [6.07, 6.45) is 0.390. The zero-order valence-electron chi connectivity index (χ0n) is 28.3. The molecule has 5 atom stereocenters. The van der Waals surface area contributed by atoms with Crippen LogP contribution in [-0.2, 0) is 19.1 Å². The molecule has 2 heterocycles. The largest absolute Gasteiger partial charge is 0.497 e. The quantitative estimate of drug-likeness (QED) is 0.224. The van der Waals surface area contributed by atoms with Gasteiger partial charge in [-0.2, -0.15) is 0 Å². The van der Waals surface area contributed by atoms with Crippen LogP contribution in [0.15, 0.2) is 41.9 Å². The number of hydrogen-bond acceptors (Lipinski definition) is 9. The maximum absolute atomic E-state index is 14.3. The van der Waals surface area contributed by atoms with Crippen LogP contribution in [0.25, 0.3) is 10.9 Å². The van der Waals surface area contributed by atoms with E-state index in [1.54, 1.807) is 66.5 Å². The zero-order chi connectivity index (χ0) is 34.9. The lowest BCUT2D eigenvalue weighted by atomic mass is 9.85. The van der Waals surface area contributed by atoms with E-state index in [1.165, 1.54) is 11.0 Å². The van der Waals surface area contributed by atoms with Crippen LogP contribution in [0.2, 0.25) is 0 Å². The number of nitrogens with zero attached hydrogens (tertiary/aromatic N) is 2. The standard InChI is InChI=1S/C34H46N4O8S/c1-10-19-17-34(19,30(41)42)37-28(39)24-15-21(18-38(24)29(40)27(32(3,4)5)36-31(43)46-33(6,7)8)45-25-16-26(47-11-2)35-23-14-20(44-9)12-13-22(23)25/h10,12-14,16,19,21,24,27H,1,11,15,17-18H2,2-9H3,(H,36,43)(H,37,39)(H,41,42)/t19-,21+,24-,27+,34?/m0/s1. The van der Waals surface area contributed by atoms with Gasteiger partial charge in [-0.05, 0) is 50.5 Å². The molecular weight excluding hydrogens is 624 g/mol. The Morgan fingerprint density at radius 2 is 1.89 bits per heavy atom. The van der Waals surface area contributed by atoms with Crippen molar-refractivity contribution in [2.24, 2.45) is 11.3 Å². The summed E-state index contributed by atoms with van der Waals surface area (Å²) in [5.74, 6) is -0.784. The number of carbonyl (C=O) groups excluding carboxylic acids is 3. The lowest BCUT2D eigenvalue weighted by Gasteiger charge is -2.35. The van der Waals surface area contributed by atoms with Crippen LogP contribution in [0.4, 0.5) is 4.79 Å². The van der Waals surface area contributed by atoms with E-state index < -0.39 is 64.5 Å². The topological polar surface area (TPSA) is 156 Å². The van der Waals surface area contributed by atoms with Crippen molar-refractivity contribution in [2.45, 2.75) is 95.7 Å². The first-order chi connectivity index (χ1) is 21.9. The van der Waals surface area contributed by atoms with Crippen molar-refractivity contribution < 1.29 is 38.5 Å². The summed E-state index contributed by atoms with van der Waals surface area (Å²) in [4.78, 5) is 59.4. The van der Waals surface area contributed by atoms with Gasteiger partial charge in [-0.3, -0.25) is 9.59 Å². The van der Waals surface area contributed by atoms with Crippen LogP contribution < -0.4 is 20.1 Å². The Labute approximate surface area is 280 Å².